The van der Waals surface area contributed by atoms with Gasteiger partial charge in [0.1, 0.15) is 11.6 Å². The van der Waals surface area contributed by atoms with Crippen LogP contribution in [-0.2, 0) is 9.59 Å². The first-order chi connectivity index (χ1) is 9.94. The summed E-state index contributed by atoms with van der Waals surface area (Å²) in [5.74, 6) is 1.82. The van der Waals surface area contributed by atoms with Gasteiger partial charge in [0, 0.05) is 25.2 Å². The van der Waals surface area contributed by atoms with Gasteiger partial charge in [-0.1, -0.05) is 25.5 Å². The second-order valence-corrected chi connectivity index (χ2v) is 8.53. The van der Waals surface area contributed by atoms with E-state index in [9.17, 15) is 9.59 Å². The molecule has 21 heavy (non-hydrogen) atoms. The predicted molar refractivity (Wildman–Crippen MR) is 81.7 cm³/mol. The highest BCUT2D eigenvalue weighted by atomic mass is 16.1. The highest BCUT2D eigenvalue weighted by molar-refractivity contribution is 5.89. The minimum absolute atomic E-state index is 0.111. The lowest BCUT2D eigenvalue weighted by molar-refractivity contribution is -0.138. The van der Waals surface area contributed by atoms with E-state index in [0.29, 0.717) is 42.7 Å². The molecule has 4 rings (SSSR count). The van der Waals surface area contributed by atoms with Gasteiger partial charge in [0.2, 0.25) is 0 Å². The average Bonchev–Trinajstić information content (AvgIpc) is 2.73. The smallest absolute Gasteiger partial charge is 0.140 e. The van der Waals surface area contributed by atoms with E-state index in [1.807, 2.05) is 0 Å². The highest BCUT2D eigenvalue weighted by Gasteiger charge is 2.60. The summed E-state index contributed by atoms with van der Waals surface area (Å²) in [5, 5.41) is 0. The van der Waals surface area contributed by atoms with Crippen molar-refractivity contribution in [1.82, 2.24) is 0 Å². The van der Waals surface area contributed by atoms with Gasteiger partial charge < -0.3 is 0 Å². The number of hydrogen-bond acceptors (Lipinski definition) is 2. The summed E-state index contributed by atoms with van der Waals surface area (Å²) in [6.07, 6.45) is 10.3. The Balaban J connectivity index is 1.76. The summed E-state index contributed by atoms with van der Waals surface area (Å²) in [5.41, 5.74) is 1.78. The van der Waals surface area contributed by atoms with Gasteiger partial charge in [0.15, 0.2) is 0 Å². The Kier molecular flexibility index (Phi) is 2.81. The van der Waals surface area contributed by atoms with Crippen LogP contribution in [-0.4, -0.2) is 11.6 Å². The molecule has 4 aliphatic carbocycles. The Morgan fingerprint density at radius 3 is 2.76 bits per heavy atom. The van der Waals surface area contributed by atoms with E-state index in [4.69, 9.17) is 0 Å². The largest absolute Gasteiger partial charge is 0.300 e. The SMILES string of the molecule is C[C@]12CC[C@H]3[C@@H](C(=O)CC4=CCCC[C@@]43C)[C@@H]1CC(=O)C2. The molecular formula is C19H26O2. The first kappa shape index (κ1) is 13.7. The van der Waals surface area contributed by atoms with Crippen LogP contribution in [0.25, 0.3) is 0 Å². The van der Waals surface area contributed by atoms with Crippen molar-refractivity contribution in [2.24, 2.45) is 28.6 Å². The summed E-state index contributed by atoms with van der Waals surface area (Å²) in [6.45, 7) is 4.67. The number of carbonyl (C=O) groups is 2. The van der Waals surface area contributed by atoms with Crippen LogP contribution in [0.3, 0.4) is 0 Å². The van der Waals surface area contributed by atoms with Gasteiger partial charge in [0.25, 0.3) is 0 Å². The van der Waals surface area contributed by atoms with Crippen molar-refractivity contribution in [3.63, 3.8) is 0 Å². The van der Waals surface area contributed by atoms with E-state index in [1.54, 1.807) is 0 Å². The van der Waals surface area contributed by atoms with E-state index >= 15 is 0 Å². The molecule has 0 amide bonds. The zero-order valence-electron chi connectivity index (χ0n) is 13.3. The molecule has 0 aliphatic heterocycles. The lowest BCUT2D eigenvalue weighted by Gasteiger charge is -2.56. The van der Waals surface area contributed by atoms with Crippen LogP contribution >= 0.6 is 0 Å². The normalized spacial score (nSPS) is 49.2. The van der Waals surface area contributed by atoms with E-state index in [1.165, 1.54) is 18.4 Å². The summed E-state index contributed by atoms with van der Waals surface area (Å²) >= 11 is 0. The number of ketones is 2. The second-order valence-electron chi connectivity index (χ2n) is 8.53. The molecule has 3 fully saturated rings. The molecule has 0 aromatic rings. The molecule has 0 aromatic heterocycles. The summed E-state index contributed by atoms with van der Waals surface area (Å²) < 4.78 is 0. The highest BCUT2D eigenvalue weighted by Crippen LogP contribution is 2.63. The zero-order valence-corrected chi connectivity index (χ0v) is 13.3. The topological polar surface area (TPSA) is 34.1 Å². The van der Waals surface area contributed by atoms with Crippen LogP contribution in [0.4, 0.5) is 0 Å². The van der Waals surface area contributed by atoms with Crippen LogP contribution in [0, 0.1) is 28.6 Å². The number of allylic oxidation sites excluding steroid dienone is 2. The summed E-state index contributed by atoms with van der Waals surface area (Å²) in [4.78, 5) is 24.9. The molecule has 0 radical (unpaired) electrons. The minimum atomic E-state index is 0.111. The Morgan fingerprint density at radius 2 is 1.95 bits per heavy atom. The number of rotatable bonds is 0. The standard InChI is InChI=1S/C19H26O2/c1-18-8-6-14-17(15(18)10-13(20)11-18)16(21)9-12-5-3-4-7-19(12,14)2/h5,14-15,17H,3-4,6-11H2,1-2H3/t14-,15-,17+,18+,19-/m0/s1. The summed E-state index contributed by atoms with van der Waals surface area (Å²) in [6, 6.07) is 0. The van der Waals surface area contributed by atoms with Crippen molar-refractivity contribution in [2.75, 3.05) is 0 Å². The van der Waals surface area contributed by atoms with Crippen LogP contribution in [0.5, 0.6) is 0 Å². The summed E-state index contributed by atoms with van der Waals surface area (Å²) in [7, 11) is 0. The maximum Gasteiger partial charge on any atom is 0.140 e. The maximum atomic E-state index is 12.9. The molecule has 2 nitrogen and oxygen atoms in total. The molecule has 0 unspecified atom stereocenters. The first-order valence-electron chi connectivity index (χ1n) is 8.68. The van der Waals surface area contributed by atoms with Crippen LogP contribution in [0.1, 0.15) is 65.2 Å². The molecular weight excluding hydrogens is 260 g/mol. The Labute approximate surface area is 127 Å². The van der Waals surface area contributed by atoms with E-state index < -0.39 is 0 Å². The van der Waals surface area contributed by atoms with E-state index in [2.05, 4.69) is 19.9 Å². The van der Waals surface area contributed by atoms with Crippen molar-refractivity contribution < 1.29 is 9.59 Å². The minimum Gasteiger partial charge on any atom is -0.300 e. The van der Waals surface area contributed by atoms with Gasteiger partial charge in [0.05, 0.1) is 0 Å². The van der Waals surface area contributed by atoms with Gasteiger partial charge in [-0.3, -0.25) is 9.59 Å². The van der Waals surface area contributed by atoms with Crippen molar-refractivity contribution >= 4 is 11.6 Å². The van der Waals surface area contributed by atoms with E-state index in [-0.39, 0.29) is 16.7 Å². The molecule has 2 heteroatoms. The van der Waals surface area contributed by atoms with Gasteiger partial charge in [-0.15, -0.1) is 0 Å². The fourth-order valence-electron chi connectivity index (χ4n) is 6.23. The lowest BCUT2D eigenvalue weighted by Crippen LogP contribution is -2.52. The third-order valence-electron chi connectivity index (χ3n) is 7.42. The predicted octanol–water partition coefficient (Wildman–Crippen LogP) is 4.09. The molecule has 3 saturated carbocycles. The van der Waals surface area contributed by atoms with Crippen molar-refractivity contribution in [1.29, 1.82) is 0 Å². The van der Waals surface area contributed by atoms with Gasteiger partial charge in [-0.25, -0.2) is 0 Å². The molecule has 0 N–H and O–H groups in total. The van der Waals surface area contributed by atoms with Crippen molar-refractivity contribution in [2.45, 2.75) is 65.2 Å². The molecule has 5 atom stereocenters. The monoisotopic (exact) mass is 286 g/mol. The van der Waals surface area contributed by atoms with Gasteiger partial charge in [-0.2, -0.15) is 0 Å². The maximum absolute atomic E-state index is 12.9. The average molecular weight is 286 g/mol. The Hall–Kier alpha value is -0.920. The van der Waals surface area contributed by atoms with Crippen molar-refractivity contribution in [3.8, 4) is 0 Å². The van der Waals surface area contributed by atoms with Crippen LogP contribution in [0.2, 0.25) is 0 Å². The molecule has 0 spiro atoms. The molecule has 114 valence electrons. The third-order valence-corrected chi connectivity index (χ3v) is 7.42. The first-order valence-corrected chi connectivity index (χ1v) is 8.68. The Bertz CT molecular complexity index is 546. The molecule has 4 aliphatic rings. The zero-order chi connectivity index (χ0) is 14.8. The van der Waals surface area contributed by atoms with Gasteiger partial charge in [-0.05, 0) is 54.8 Å². The quantitative estimate of drug-likeness (QED) is 0.629. The van der Waals surface area contributed by atoms with Crippen LogP contribution in [0.15, 0.2) is 11.6 Å². The molecule has 0 heterocycles. The Morgan fingerprint density at radius 1 is 1.14 bits per heavy atom. The fraction of sp³-hybridized carbons (Fsp3) is 0.789. The number of Topliss-reactive ketones (excluding diaryl/α,β-unsaturated/α-hetero) is 2. The van der Waals surface area contributed by atoms with Crippen LogP contribution < -0.4 is 0 Å². The number of carbonyl (C=O) groups excluding carboxylic acids is 2. The fourth-order valence-corrected chi connectivity index (χ4v) is 6.23. The van der Waals surface area contributed by atoms with E-state index in [0.717, 1.165) is 19.3 Å². The lowest BCUT2D eigenvalue weighted by atomic mass is 9.47. The number of hydrogen-bond donors (Lipinski definition) is 0. The molecule has 0 bridgehead atoms. The molecule has 0 aromatic carbocycles. The van der Waals surface area contributed by atoms with Gasteiger partial charge >= 0.3 is 0 Å². The number of fused-ring (bicyclic) bond motifs is 5. The van der Waals surface area contributed by atoms with Crippen molar-refractivity contribution in [3.05, 3.63) is 11.6 Å². The third kappa shape index (κ3) is 1.77. The molecule has 0 saturated heterocycles. The second kappa shape index (κ2) is 4.30.